The first kappa shape index (κ1) is 19.4. The Balaban J connectivity index is 1.38. The average Bonchev–Trinajstić information content (AvgIpc) is 3.25. The predicted molar refractivity (Wildman–Crippen MR) is 111 cm³/mol. The van der Waals surface area contributed by atoms with Crippen LogP contribution in [0.2, 0.25) is 0 Å². The van der Waals surface area contributed by atoms with Crippen molar-refractivity contribution >= 4 is 45.3 Å². The van der Waals surface area contributed by atoms with Crippen LogP contribution in [0.5, 0.6) is 0 Å². The van der Waals surface area contributed by atoms with Gasteiger partial charge in [-0.1, -0.05) is 31.0 Å². The number of nitrogens with one attached hydrogen (secondary N) is 2. The van der Waals surface area contributed by atoms with E-state index in [2.05, 4.69) is 15.6 Å². The summed E-state index contributed by atoms with van der Waals surface area (Å²) in [6.45, 7) is 0. The van der Waals surface area contributed by atoms with E-state index in [0.29, 0.717) is 5.16 Å². The van der Waals surface area contributed by atoms with Crippen LogP contribution in [0.4, 0.5) is 4.79 Å². The molecule has 2 aromatic heterocycles. The van der Waals surface area contributed by atoms with E-state index in [-0.39, 0.29) is 23.3 Å². The number of amides is 3. The molecule has 0 aromatic carbocycles. The Morgan fingerprint density at radius 1 is 1.21 bits per heavy atom. The van der Waals surface area contributed by atoms with Crippen molar-refractivity contribution in [2.75, 3.05) is 5.75 Å². The molecule has 4 rings (SSSR count). The minimum Gasteiger partial charge on any atom is -0.335 e. The van der Waals surface area contributed by atoms with Crippen molar-refractivity contribution in [1.29, 1.82) is 0 Å². The number of imide groups is 1. The van der Waals surface area contributed by atoms with Gasteiger partial charge in [-0.3, -0.25) is 19.5 Å². The molecule has 2 N–H and O–H groups in total. The molecule has 0 unspecified atom stereocenters. The number of thioether (sulfide) groups is 1. The Labute approximate surface area is 171 Å². The average molecular weight is 421 g/mol. The third-order valence-corrected chi connectivity index (χ3v) is 7.65. The predicted octanol–water partition coefficient (Wildman–Crippen LogP) is 2.73. The van der Waals surface area contributed by atoms with Crippen LogP contribution in [0.1, 0.15) is 49.0 Å². The molecule has 2 heterocycles. The molecule has 3 amide bonds. The molecule has 7 nitrogen and oxygen atoms in total. The van der Waals surface area contributed by atoms with Crippen molar-refractivity contribution in [3.05, 3.63) is 20.8 Å². The number of aromatic nitrogens is 2. The van der Waals surface area contributed by atoms with E-state index in [1.807, 2.05) is 0 Å². The minimum atomic E-state index is -0.440. The molecule has 0 bridgehead atoms. The van der Waals surface area contributed by atoms with Gasteiger partial charge in [-0.05, 0) is 37.7 Å². The summed E-state index contributed by atoms with van der Waals surface area (Å²) in [6, 6.07) is -0.288. The first-order valence-electron chi connectivity index (χ1n) is 9.77. The Bertz CT molecular complexity index is 976. The molecular weight excluding hydrogens is 396 g/mol. The van der Waals surface area contributed by atoms with Crippen LogP contribution in [-0.2, 0) is 24.7 Å². The molecule has 0 spiro atoms. The maximum Gasteiger partial charge on any atom is 0.321 e. The quantitative estimate of drug-likeness (QED) is 0.586. The van der Waals surface area contributed by atoms with E-state index in [0.717, 1.165) is 60.7 Å². The number of hydrogen-bond acceptors (Lipinski definition) is 6. The van der Waals surface area contributed by atoms with Crippen LogP contribution in [0.25, 0.3) is 10.2 Å². The SMILES string of the molecule is Cn1c(SCC(=O)NC(=O)NC2CCCCC2)nc2sc3c(c2c1=O)CCC3. The Hall–Kier alpha value is -1.87. The van der Waals surface area contributed by atoms with Crippen molar-refractivity contribution in [2.45, 2.75) is 62.6 Å². The largest absolute Gasteiger partial charge is 0.335 e. The smallest absolute Gasteiger partial charge is 0.321 e. The molecule has 0 atom stereocenters. The van der Waals surface area contributed by atoms with Crippen LogP contribution >= 0.6 is 23.1 Å². The van der Waals surface area contributed by atoms with Gasteiger partial charge in [-0.15, -0.1) is 11.3 Å². The lowest BCUT2D eigenvalue weighted by atomic mass is 9.96. The Kier molecular flexibility index (Phi) is 5.73. The fourth-order valence-electron chi connectivity index (χ4n) is 4.00. The summed E-state index contributed by atoms with van der Waals surface area (Å²) in [4.78, 5) is 43.5. The number of carbonyl (C=O) groups excluding carboxylic acids is 2. The third-order valence-electron chi connectivity index (χ3n) is 5.43. The summed E-state index contributed by atoms with van der Waals surface area (Å²) in [5.74, 6) is -0.351. The highest BCUT2D eigenvalue weighted by Gasteiger charge is 2.23. The van der Waals surface area contributed by atoms with Crippen LogP contribution in [0, 0.1) is 0 Å². The summed E-state index contributed by atoms with van der Waals surface area (Å²) >= 11 is 2.76. The van der Waals surface area contributed by atoms with Crippen molar-refractivity contribution in [3.63, 3.8) is 0 Å². The highest BCUT2D eigenvalue weighted by molar-refractivity contribution is 7.99. The van der Waals surface area contributed by atoms with E-state index in [1.165, 1.54) is 27.6 Å². The first-order valence-corrected chi connectivity index (χ1v) is 11.6. The van der Waals surface area contributed by atoms with Gasteiger partial charge >= 0.3 is 6.03 Å². The molecule has 0 saturated heterocycles. The van der Waals surface area contributed by atoms with Crippen LogP contribution in [0.3, 0.4) is 0 Å². The summed E-state index contributed by atoms with van der Waals surface area (Å²) in [7, 11) is 1.68. The van der Waals surface area contributed by atoms with Gasteiger partial charge in [0.2, 0.25) is 5.91 Å². The molecule has 150 valence electrons. The van der Waals surface area contributed by atoms with Gasteiger partial charge in [0.15, 0.2) is 5.16 Å². The fourth-order valence-corrected chi connectivity index (χ4v) is 6.07. The lowest BCUT2D eigenvalue weighted by molar-refractivity contribution is -0.117. The first-order chi connectivity index (χ1) is 13.5. The summed E-state index contributed by atoms with van der Waals surface area (Å²) < 4.78 is 1.51. The number of nitrogens with zero attached hydrogens (tertiary/aromatic N) is 2. The van der Waals surface area contributed by atoms with Crippen molar-refractivity contribution < 1.29 is 9.59 Å². The highest BCUT2D eigenvalue weighted by Crippen LogP contribution is 2.35. The van der Waals surface area contributed by atoms with E-state index in [4.69, 9.17) is 0 Å². The van der Waals surface area contributed by atoms with E-state index >= 15 is 0 Å². The number of thiophene rings is 1. The summed E-state index contributed by atoms with van der Waals surface area (Å²) in [5.41, 5.74) is 1.10. The maximum absolute atomic E-state index is 12.8. The number of aryl methyl sites for hydroxylation is 2. The van der Waals surface area contributed by atoms with Gasteiger partial charge in [0.1, 0.15) is 4.83 Å². The second-order valence-corrected chi connectivity index (χ2v) is 9.47. The molecule has 0 aliphatic heterocycles. The van der Waals surface area contributed by atoms with Crippen molar-refractivity contribution in [1.82, 2.24) is 20.2 Å². The van der Waals surface area contributed by atoms with Crippen molar-refractivity contribution in [2.24, 2.45) is 7.05 Å². The second-order valence-electron chi connectivity index (χ2n) is 7.44. The standard InChI is InChI=1S/C19H24N4O3S2/c1-23-17(25)15-12-8-5-9-13(12)28-16(15)22-19(23)27-10-14(24)21-18(26)20-11-6-3-2-4-7-11/h11H,2-10H2,1H3,(H2,20,21,24,26). The van der Waals surface area contributed by atoms with Gasteiger partial charge in [-0.2, -0.15) is 0 Å². The summed E-state index contributed by atoms with van der Waals surface area (Å²) in [6.07, 6.45) is 8.42. The molecule has 1 fully saturated rings. The molecule has 2 aliphatic carbocycles. The van der Waals surface area contributed by atoms with E-state index in [1.54, 1.807) is 18.4 Å². The van der Waals surface area contributed by atoms with Crippen LogP contribution in [-0.4, -0.2) is 33.3 Å². The zero-order valence-electron chi connectivity index (χ0n) is 15.9. The zero-order chi connectivity index (χ0) is 19.7. The van der Waals surface area contributed by atoms with Crippen LogP contribution in [0.15, 0.2) is 9.95 Å². The van der Waals surface area contributed by atoms with Crippen LogP contribution < -0.4 is 16.2 Å². The third kappa shape index (κ3) is 3.96. The van der Waals surface area contributed by atoms with Gasteiger partial charge in [-0.25, -0.2) is 9.78 Å². The summed E-state index contributed by atoms with van der Waals surface area (Å²) in [5, 5.41) is 6.48. The minimum absolute atomic E-state index is 0.0367. The molecule has 9 heteroatoms. The topological polar surface area (TPSA) is 93.1 Å². The zero-order valence-corrected chi connectivity index (χ0v) is 17.5. The molecule has 0 radical (unpaired) electrons. The van der Waals surface area contributed by atoms with Crippen molar-refractivity contribution in [3.8, 4) is 0 Å². The number of hydrogen-bond donors (Lipinski definition) is 2. The molecule has 1 saturated carbocycles. The lowest BCUT2D eigenvalue weighted by Crippen LogP contribution is -2.45. The monoisotopic (exact) mass is 420 g/mol. The molecular formula is C19H24N4O3S2. The van der Waals surface area contributed by atoms with Gasteiger partial charge in [0.05, 0.1) is 11.1 Å². The maximum atomic E-state index is 12.8. The number of rotatable bonds is 4. The second kappa shape index (κ2) is 8.24. The number of fused-ring (bicyclic) bond motifs is 3. The highest BCUT2D eigenvalue weighted by atomic mass is 32.2. The molecule has 2 aromatic rings. The van der Waals surface area contributed by atoms with E-state index < -0.39 is 6.03 Å². The van der Waals surface area contributed by atoms with Gasteiger partial charge < -0.3 is 5.32 Å². The molecule has 28 heavy (non-hydrogen) atoms. The Morgan fingerprint density at radius 2 is 2.00 bits per heavy atom. The van der Waals surface area contributed by atoms with Gasteiger partial charge in [0.25, 0.3) is 5.56 Å². The Morgan fingerprint density at radius 3 is 2.79 bits per heavy atom. The lowest BCUT2D eigenvalue weighted by Gasteiger charge is -2.22. The van der Waals surface area contributed by atoms with Gasteiger partial charge in [0, 0.05) is 18.0 Å². The number of carbonyl (C=O) groups is 2. The van der Waals surface area contributed by atoms with E-state index in [9.17, 15) is 14.4 Å². The normalized spacial score (nSPS) is 16.9. The fraction of sp³-hybridized carbons (Fsp3) is 0.579. The molecule has 2 aliphatic rings. The number of urea groups is 1.